The van der Waals surface area contributed by atoms with Crippen LogP contribution in [0.15, 0.2) is 30.5 Å². The molecule has 0 fully saturated rings. The molecule has 0 aliphatic carbocycles. The van der Waals surface area contributed by atoms with Gasteiger partial charge in [0.15, 0.2) is 0 Å². The van der Waals surface area contributed by atoms with Crippen molar-refractivity contribution in [3.05, 3.63) is 36.0 Å². The Balaban J connectivity index is 2.79. The van der Waals surface area contributed by atoms with Gasteiger partial charge in [-0.25, -0.2) is 0 Å². The van der Waals surface area contributed by atoms with Gasteiger partial charge >= 0.3 is 6.18 Å². The molecule has 0 N–H and O–H groups in total. The second-order valence-corrected chi connectivity index (χ2v) is 4.06. The number of benzene rings is 1. The van der Waals surface area contributed by atoms with Gasteiger partial charge in [0.1, 0.15) is 0 Å². The summed E-state index contributed by atoms with van der Waals surface area (Å²) in [5.41, 5.74) is -0.297. The van der Waals surface area contributed by atoms with Crippen LogP contribution in [0.2, 0.25) is 0 Å². The average Bonchev–Trinajstić information content (AvgIpc) is 2.58. The first-order valence-electron chi connectivity index (χ1n) is 5.08. The normalized spacial score (nSPS) is 12.6. The topological polar surface area (TPSA) is 4.93 Å². The number of alkyl halides is 3. The zero-order valence-corrected chi connectivity index (χ0v) is 9.05. The minimum atomic E-state index is -4.30. The van der Waals surface area contributed by atoms with Gasteiger partial charge in [-0.15, -0.1) is 0 Å². The molecule has 0 saturated heterocycles. The van der Waals surface area contributed by atoms with Crippen molar-refractivity contribution in [1.82, 2.24) is 4.57 Å². The van der Waals surface area contributed by atoms with Gasteiger partial charge in [0.05, 0.1) is 11.1 Å². The van der Waals surface area contributed by atoms with Crippen molar-refractivity contribution in [3.63, 3.8) is 0 Å². The Morgan fingerprint density at radius 1 is 1.12 bits per heavy atom. The molecule has 0 spiro atoms. The molecule has 0 radical (unpaired) electrons. The molecule has 0 bridgehead atoms. The number of hydrogen-bond acceptors (Lipinski definition) is 0. The number of rotatable bonds is 1. The summed E-state index contributed by atoms with van der Waals surface area (Å²) in [5.74, 6) is 0. The number of fused-ring (bicyclic) bond motifs is 1. The quantitative estimate of drug-likeness (QED) is 0.686. The lowest BCUT2D eigenvalue weighted by molar-refractivity contribution is -0.136. The molecule has 16 heavy (non-hydrogen) atoms. The molecule has 0 saturated carbocycles. The number of hydrogen-bond donors (Lipinski definition) is 0. The predicted molar refractivity (Wildman–Crippen MR) is 57.3 cm³/mol. The SMILES string of the molecule is CC(C)n1ccc2cccc(C(F)(F)F)c21. The average molecular weight is 227 g/mol. The van der Waals surface area contributed by atoms with E-state index < -0.39 is 11.7 Å². The molecule has 1 nitrogen and oxygen atoms in total. The van der Waals surface area contributed by atoms with Gasteiger partial charge in [-0.05, 0) is 26.0 Å². The van der Waals surface area contributed by atoms with Gasteiger partial charge in [0.25, 0.3) is 0 Å². The molecule has 1 heterocycles. The fourth-order valence-electron chi connectivity index (χ4n) is 1.88. The molecule has 0 atom stereocenters. The van der Waals surface area contributed by atoms with E-state index in [1.165, 1.54) is 6.07 Å². The summed E-state index contributed by atoms with van der Waals surface area (Å²) in [6, 6.07) is 5.99. The lowest BCUT2D eigenvalue weighted by Gasteiger charge is -2.14. The highest BCUT2D eigenvalue weighted by Crippen LogP contribution is 2.35. The van der Waals surface area contributed by atoms with Crippen molar-refractivity contribution in [2.75, 3.05) is 0 Å². The monoisotopic (exact) mass is 227 g/mol. The van der Waals surface area contributed by atoms with Gasteiger partial charge in [-0.3, -0.25) is 0 Å². The van der Waals surface area contributed by atoms with E-state index >= 15 is 0 Å². The van der Waals surface area contributed by atoms with E-state index in [1.807, 2.05) is 13.8 Å². The highest BCUT2D eigenvalue weighted by molar-refractivity contribution is 5.84. The van der Waals surface area contributed by atoms with Crippen LogP contribution >= 0.6 is 0 Å². The van der Waals surface area contributed by atoms with Gasteiger partial charge < -0.3 is 4.57 Å². The molecule has 2 rings (SSSR count). The lowest BCUT2D eigenvalue weighted by Crippen LogP contribution is -2.09. The summed E-state index contributed by atoms with van der Waals surface area (Å²) < 4.78 is 40.1. The van der Waals surface area contributed by atoms with Gasteiger partial charge in [0.2, 0.25) is 0 Å². The summed E-state index contributed by atoms with van der Waals surface area (Å²) in [5, 5.41) is 0.628. The molecular weight excluding hydrogens is 215 g/mol. The molecule has 1 aromatic carbocycles. The highest BCUT2D eigenvalue weighted by Gasteiger charge is 2.33. The molecule has 0 aliphatic rings. The van der Waals surface area contributed by atoms with Crippen molar-refractivity contribution in [2.45, 2.75) is 26.1 Å². The van der Waals surface area contributed by atoms with Crippen LogP contribution in [-0.2, 0) is 6.18 Å². The van der Waals surface area contributed by atoms with Crippen molar-refractivity contribution in [3.8, 4) is 0 Å². The summed E-state index contributed by atoms with van der Waals surface area (Å²) in [7, 11) is 0. The van der Waals surface area contributed by atoms with Crippen LogP contribution in [0.25, 0.3) is 10.9 Å². The minimum absolute atomic E-state index is 0.0148. The second kappa shape index (κ2) is 3.54. The first-order valence-corrected chi connectivity index (χ1v) is 5.08. The predicted octanol–water partition coefficient (Wildman–Crippen LogP) is 4.24. The summed E-state index contributed by atoms with van der Waals surface area (Å²) >= 11 is 0. The molecule has 1 aromatic heterocycles. The van der Waals surface area contributed by atoms with E-state index in [2.05, 4.69) is 0 Å². The number of nitrogens with zero attached hydrogens (tertiary/aromatic N) is 1. The minimum Gasteiger partial charge on any atom is -0.344 e. The summed E-state index contributed by atoms with van der Waals surface area (Å²) in [4.78, 5) is 0. The Morgan fingerprint density at radius 3 is 2.38 bits per heavy atom. The maximum atomic E-state index is 12.8. The van der Waals surface area contributed by atoms with Crippen LogP contribution in [-0.4, -0.2) is 4.57 Å². The Bertz CT molecular complexity index is 508. The van der Waals surface area contributed by atoms with Crippen LogP contribution in [0.5, 0.6) is 0 Å². The van der Waals surface area contributed by atoms with Crippen LogP contribution in [0.1, 0.15) is 25.5 Å². The van der Waals surface area contributed by atoms with E-state index in [9.17, 15) is 13.2 Å². The maximum absolute atomic E-state index is 12.8. The lowest BCUT2D eigenvalue weighted by atomic mass is 10.1. The third kappa shape index (κ3) is 1.68. The van der Waals surface area contributed by atoms with E-state index in [-0.39, 0.29) is 11.6 Å². The van der Waals surface area contributed by atoms with Gasteiger partial charge in [-0.2, -0.15) is 13.2 Å². The Kier molecular flexibility index (Phi) is 2.45. The molecule has 86 valence electrons. The largest absolute Gasteiger partial charge is 0.418 e. The van der Waals surface area contributed by atoms with Crippen LogP contribution < -0.4 is 0 Å². The third-order valence-electron chi connectivity index (χ3n) is 2.60. The Hall–Kier alpha value is -1.45. The molecule has 4 heteroatoms. The second-order valence-electron chi connectivity index (χ2n) is 4.06. The standard InChI is InChI=1S/C12H12F3N/c1-8(2)16-7-6-9-4-3-5-10(11(9)16)12(13,14)15/h3-8H,1-2H3. The van der Waals surface area contributed by atoms with Crippen molar-refractivity contribution in [1.29, 1.82) is 0 Å². The number of aromatic nitrogens is 1. The van der Waals surface area contributed by atoms with E-state index in [1.54, 1.807) is 22.9 Å². The molecule has 0 unspecified atom stereocenters. The summed E-state index contributed by atoms with van der Waals surface area (Å²) in [6.45, 7) is 3.74. The van der Waals surface area contributed by atoms with E-state index in [0.29, 0.717) is 5.39 Å². The van der Waals surface area contributed by atoms with Crippen LogP contribution in [0, 0.1) is 0 Å². The highest BCUT2D eigenvalue weighted by atomic mass is 19.4. The smallest absolute Gasteiger partial charge is 0.344 e. The van der Waals surface area contributed by atoms with Crippen LogP contribution in [0.4, 0.5) is 13.2 Å². The zero-order chi connectivity index (χ0) is 11.9. The maximum Gasteiger partial charge on any atom is 0.418 e. The summed E-state index contributed by atoms with van der Waals surface area (Å²) in [6.07, 6.45) is -2.60. The first-order chi connectivity index (χ1) is 7.41. The van der Waals surface area contributed by atoms with Crippen molar-refractivity contribution >= 4 is 10.9 Å². The molecule has 0 aliphatic heterocycles. The Labute approximate surface area is 91.5 Å². The first kappa shape index (κ1) is 11.0. The van der Waals surface area contributed by atoms with Crippen molar-refractivity contribution < 1.29 is 13.2 Å². The molecular formula is C12H12F3N. The number of para-hydroxylation sites is 1. The van der Waals surface area contributed by atoms with Crippen molar-refractivity contribution in [2.24, 2.45) is 0 Å². The Morgan fingerprint density at radius 2 is 1.81 bits per heavy atom. The fraction of sp³-hybridized carbons (Fsp3) is 0.333. The molecule has 0 amide bonds. The number of halogens is 3. The van der Waals surface area contributed by atoms with E-state index in [4.69, 9.17) is 0 Å². The third-order valence-corrected chi connectivity index (χ3v) is 2.60. The van der Waals surface area contributed by atoms with Gasteiger partial charge in [-0.1, -0.05) is 12.1 Å². The van der Waals surface area contributed by atoms with Crippen LogP contribution in [0.3, 0.4) is 0 Å². The molecule has 2 aromatic rings. The van der Waals surface area contributed by atoms with E-state index in [0.717, 1.165) is 6.07 Å². The zero-order valence-electron chi connectivity index (χ0n) is 9.05. The van der Waals surface area contributed by atoms with Gasteiger partial charge in [0, 0.05) is 17.6 Å². The fourth-order valence-corrected chi connectivity index (χ4v) is 1.88.